The normalized spacial score (nSPS) is 10.3. The Hall–Kier alpha value is -2.93. The Morgan fingerprint density at radius 1 is 1.17 bits per heavy atom. The maximum Gasteiger partial charge on any atom is 0.252 e. The van der Waals surface area contributed by atoms with Gasteiger partial charge in [-0.3, -0.25) is 9.59 Å². The number of thiophene rings is 1. The molecular formula is C17H16N4O2S. The lowest BCUT2D eigenvalue weighted by Gasteiger charge is -2.08. The summed E-state index contributed by atoms with van der Waals surface area (Å²) in [4.78, 5) is 27.7. The maximum atomic E-state index is 11.9. The fourth-order valence-corrected chi connectivity index (χ4v) is 2.77. The molecule has 0 fully saturated rings. The van der Waals surface area contributed by atoms with E-state index in [1.807, 2.05) is 40.4 Å². The number of nitrogens with one attached hydrogen (secondary N) is 2. The van der Waals surface area contributed by atoms with E-state index in [-0.39, 0.29) is 18.2 Å². The number of anilines is 1. The zero-order valence-corrected chi connectivity index (χ0v) is 13.6. The number of amides is 2. The van der Waals surface area contributed by atoms with Gasteiger partial charge < -0.3 is 15.2 Å². The van der Waals surface area contributed by atoms with Crippen LogP contribution in [0.2, 0.25) is 0 Å². The molecule has 6 nitrogen and oxygen atoms in total. The molecule has 0 spiro atoms. The van der Waals surface area contributed by atoms with Crippen molar-refractivity contribution in [2.75, 3.05) is 11.9 Å². The van der Waals surface area contributed by atoms with Crippen molar-refractivity contribution >= 4 is 28.8 Å². The van der Waals surface area contributed by atoms with Gasteiger partial charge in [0.15, 0.2) is 0 Å². The smallest absolute Gasteiger partial charge is 0.252 e. The van der Waals surface area contributed by atoms with Crippen LogP contribution in [0.1, 0.15) is 16.8 Å². The molecule has 0 saturated heterocycles. The van der Waals surface area contributed by atoms with E-state index >= 15 is 0 Å². The van der Waals surface area contributed by atoms with Gasteiger partial charge in [-0.25, -0.2) is 4.98 Å². The fourth-order valence-electron chi connectivity index (χ4n) is 2.14. The highest BCUT2D eigenvalue weighted by molar-refractivity contribution is 7.08. The van der Waals surface area contributed by atoms with Crippen LogP contribution in [0.4, 0.5) is 5.69 Å². The zero-order valence-electron chi connectivity index (χ0n) is 12.8. The topological polar surface area (TPSA) is 76.0 Å². The molecule has 0 aliphatic rings. The Kier molecular flexibility index (Phi) is 5.02. The lowest BCUT2D eigenvalue weighted by atomic mass is 10.2. The highest BCUT2D eigenvalue weighted by atomic mass is 32.1. The Morgan fingerprint density at radius 2 is 2.00 bits per heavy atom. The van der Waals surface area contributed by atoms with Gasteiger partial charge in [-0.2, -0.15) is 11.3 Å². The van der Waals surface area contributed by atoms with Crippen LogP contribution < -0.4 is 10.6 Å². The fraction of sp³-hybridized carbons (Fsp3) is 0.118. The predicted octanol–water partition coefficient (Wildman–Crippen LogP) is 2.69. The van der Waals surface area contributed by atoms with Gasteiger partial charge in [0, 0.05) is 47.7 Å². The van der Waals surface area contributed by atoms with Gasteiger partial charge >= 0.3 is 0 Å². The van der Waals surface area contributed by atoms with Crippen LogP contribution in [-0.4, -0.2) is 27.9 Å². The molecule has 24 heavy (non-hydrogen) atoms. The van der Waals surface area contributed by atoms with E-state index in [2.05, 4.69) is 15.6 Å². The largest absolute Gasteiger partial charge is 0.351 e. The third-order valence-electron chi connectivity index (χ3n) is 3.37. The van der Waals surface area contributed by atoms with E-state index in [4.69, 9.17) is 0 Å². The SMILES string of the molecule is O=C(CCNC(=O)c1ccsc1)Nc1ccc(-n2ccnc2)cc1. The molecule has 122 valence electrons. The van der Waals surface area contributed by atoms with Crippen molar-refractivity contribution in [1.82, 2.24) is 14.9 Å². The highest BCUT2D eigenvalue weighted by Crippen LogP contribution is 2.13. The number of hydrogen-bond acceptors (Lipinski definition) is 4. The van der Waals surface area contributed by atoms with E-state index in [9.17, 15) is 9.59 Å². The van der Waals surface area contributed by atoms with Crippen molar-refractivity contribution in [2.45, 2.75) is 6.42 Å². The summed E-state index contributed by atoms with van der Waals surface area (Å²) in [6, 6.07) is 9.21. The molecule has 2 N–H and O–H groups in total. The molecule has 0 aliphatic heterocycles. The standard InChI is InChI=1S/C17H16N4O2S/c22-16(5-7-19-17(23)13-6-10-24-11-13)20-14-1-3-15(4-2-14)21-9-8-18-12-21/h1-4,6,8-12H,5,7H2,(H,19,23)(H,20,22). The summed E-state index contributed by atoms with van der Waals surface area (Å²) >= 11 is 1.46. The lowest BCUT2D eigenvalue weighted by molar-refractivity contribution is -0.116. The van der Waals surface area contributed by atoms with Crippen molar-refractivity contribution in [3.63, 3.8) is 0 Å². The number of rotatable bonds is 6. The van der Waals surface area contributed by atoms with Crippen LogP contribution in [0.15, 0.2) is 59.8 Å². The summed E-state index contributed by atoms with van der Waals surface area (Å²) in [6.45, 7) is 0.299. The number of benzene rings is 1. The van der Waals surface area contributed by atoms with E-state index in [1.54, 1.807) is 24.0 Å². The molecule has 3 aromatic rings. The molecule has 7 heteroatoms. The lowest BCUT2D eigenvalue weighted by Crippen LogP contribution is -2.27. The molecular weight excluding hydrogens is 324 g/mol. The van der Waals surface area contributed by atoms with Gasteiger partial charge in [-0.15, -0.1) is 0 Å². The number of carbonyl (C=O) groups excluding carboxylic acids is 2. The Morgan fingerprint density at radius 3 is 2.67 bits per heavy atom. The van der Waals surface area contributed by atoms with E-state index in [0.717, 1.165) is 5.69 Å². The molecule has 0 saturated carbocycles. The molecule has 0 radical (unpaired) electrons. The van der Waals surface area contributed by atoms with Gasteiger partial charge in [-0.05, 0) is 35.7 Å². The van der Waals surface area contributed by atoms with Crippen LogP contribution in [0, 0.1) is 0 Å². The second-order valence-electron chi connectivity index (χ2n) is 5.08. The first-order valence-corrected chi connectivity index (χ1v) is 8.35. The Bertz CT molecular complexity index is 796. The Balaban J connectivity index is 1.46. The van der Waals surface area contributed by atoms with Gasteiger partial charge in [-0.1, -0.05) is 0 Å². The van der Waals surface area contributed by atoms with Gasteiger partial charge in [0.05, 0.1) is 6.33 Å². The summed E-state index contributed by atoms with van der Waals surface area (Å²) < 4.78 is 1.88. The second kappa shape index (κ2) is 7.56. The number of aromatic nitrogens is 2. The third kappa shape index (κ3) is 4.08. The van der Waals surface area contributed by atoms with Crippen molar-refractivity contribution < 1.29 is 9.59 Å². The molecule has 0 bridgehead atoms. The monoisotopic (exact) mass is 340 g/mol. The molecule has 2 amide bonds. The predicted molar refractivity (Wildman–Crippen MR) is 93.5 cm³/mol. The van der Waals surface area contributed by atoms with Gasteiger partial charge in [0.1, 0.15) is 0 Å². The minimum absolute atomic E-state index is 0.143. The molecule has 0 atom stereocenters. The van der Waals surface area contributed by atoms with Crippen LogP contribution in [-0.2, 0) is 4.79 Å². The van der Waals surface area contributed by atoms with Crippen LogP contribution in [0.25, 0.3) is 5.69 Å². The number of nitrogens with zero attached hydrogens (tertiary/aromatic N) is 2. The van der Waals surface area contributed by atoms with E-state index in [0.29, 0.717) is 17.8 Å². The van der Waals surface area contributed by atoms with Crippen molar-refractivity contribution in [3.05, 3.63) is 65.4 Å². The average molecular weight is 340 g/mol. The molecule has 1 aromatic carbocycles. The minimum Gasteiger partial charge on any atom is -0.351 e. The summed E-state index contributed by atoms with van der Waals surface area (Å²) in [5.74, 6) is -0.301. The van der Waals surface area contributed by atoms with Crippen LogP contribution >= 0.6 is 11.3 Å². The van der Waals surface area contributed by atoms with Gasteiger partial charge in [0.2, 0.25) is 5.91 Å². The summed E-state index contributed by atoms with van der Waals surface area (Å²) in [5.41, 5.74) is 2.30. The minimum atomic E-state index is -0.159. The average Bonchev–Trinajstić information content (AvgIpc) is 3.29. The summed E-state index contributed by atoms with van der Waals surface area (Å²) in [7, 11) is 0. The first-order chi connectivity index (χ1) is 11.7. The molecule has 2 heterocycles. The van der Waals surface area contributed by atoms with E-state index < -0.39 is 0 Å². The quantitative estimate of drug-likeness (QED) is 0.724. The molecule has 0 aliphatic carbocycles. The Labute approximate surface area is 143 Å². The van der Waals surface area contributed by atoms with E-state index in [1.165, 1.54) is 11.3 Å². The first kappa shape index (κ1) is 15.9. The molecule has 3 rings (SSSR count). The van der Waals surface area contributed by atoms with Crippen LogP contribution in [0.5, 0.6) is 0 Å². The van der Waals surface area contributed by atoms with Crippen molar-refractivity contribution in [2.24, 2.45) is 0 Å². The summed E-state index contributed by atoms with van der Waals surface area (Å²) in [5, 5.41) is 9.15. The van der Waals surface area contributed by atoms with Crippen molar-refractivity contribution in [3.8, 4) is 5.69 Å². The number of carbonyl (C=O) groups is 2. The zero-order chi connectivity index (χ0) is 16.8. The van der Waals surface area contributed by atoms with Crippen molar-refractivity contribution in [1.29, 1.82) is 0 Å². The number of hydrogen-bond donors (Lipinski definition) is 2. The van der Waals surface area contributed by atoms with Gasteiger partial charge in [0.25, 0.3) is 5.91 Å². The molecule has 0 unspecified atom stereocenters. The molecule has 2 aromatic heterocycles. The second-order valence-corrected chi connectivity index (χ2v) is 5.86. The first-order valence-electron chi connectivity index (χ1n) is 7.41. The van der Waals surface area contributed by atoms with Crippen LogP contribution in [0.3, 0.4) is 0 Å². The third-order valence-corrected chi connectivity index (χ3v) is 4.06. The summed E-state index contributed by atoms with van der Waals surface area (Å²) in [6.07, 6.45) is 5.49. The highest BCUT2D eigenvalue weighted by Gasteiger charge is 2.07. The maximum absolute atomic E-state index is 11.9. The number of imidazole rings is 1.